The third kappa shape index (κ3) is 7.58. The maximum Gasteiger partial charge on any atom is 0.351 e. The first-order valence-electron chi connectivity index (χ1n) is 15.6. The van der Waals surface area contributed by atoms with Gasteiger partial charge in [0.25, 0.3) is 14.2 Å². The molecule has 1 aliphatic rings. The van der Waals surface area contributed by atoms with E-state index >= 15 is 0 Å². The van der Waals surface area contributed by atoms with Crippen LogP contribution in [0.4, 0.5) is 5.82 Å². The summed E-state index contributed by atoms with van der Waals surface area (Å²) in [7, 11) is -2.73. The molecule has 10 heteroatoms. The quantitative estimate of drug-likeness (QED) is 0.209. The second-order valence-corrected chi connectivity index (χ2v) is 18.1. The molecule has 0 unspecified atom stereocenters. The van der Waals surface area contributed by atoms with Crippen molar-refractivity contribution in [2.75, 3.05) is 17.7 Å². The number of nitrogens with zero attached hydrogens (tertiary/aromatic N) is 2. The molecule has 0 radical (unpaired) electrons. The minimum atomic E-state index is -2.73. The van der Waals surface area contributed by atoms with Crippen LogP contribution >= 0.6 is 11.8 Å². The van der Waals surface area contributed by atoms with Crippen LogP contribution in [-0.4, -0.2) is 47.4 Å². The Morgan fingerprint density at radius 2 is 1.54 bits per heavy atom. The van der Waals surface area contributed by atoms with E-state index in [4.69, 9.17) is 9.16 Å². The number of rotatable bonds is 11. The highest BCUT2D eigenvalue weighted by Crippen LogP contribution is 2.39. The van der Waals surface area contributed by atoms with Crippen molar-refractivity contribution in [2.45, 2.75) is 57.9 Å². The molecule has 5 rings (SSSR count). The monoisotopic (exact) mass is 655 g/mol. The third-order valence-electron chi connectivity index (χ3n) is 8.42. The molecule has 1 aliphatic heterocycles. The number of benzene rings is 3. The van der Waals surface area contributed by atoms with Gasteiger partial charge in [-0.3, -0.25) is 14.2 Å². The lowest BCUT2D eigenvalue weighted by atomic mass is 10.0. The molecule has 3 atom stereocenters. The van der Waals surface area contributed by atoms with E-state index in [1.54, 1.807) is 43.5 Å². The summed E-state index contributed by atoms with van der Waals surface area (Å²) >= 11 is 1.28. The lowest BCUT2D eigenvalue weighted by molar-refractivity contribution is -0.109. The number of carbonyl (C=O) groups excluding carboxylic acids is 2. The number of hydrogen-bond acceptors (Lipinski definition) is 7. The van der Waals surface area contributed by atoms with Crippen LogP contribution in [0.3, 0.4) is 0 Å². The molecule has 0 aliphatic carbocycles. The van der Waals surface area contributed by atoms with Crippen molar-refractivity contribution in [3.63, 3.8) is 0 Å². The Hall–Kier alpha value is -3.83. The van der Waals surface area contributed by atoms with Gasteiger partial charge in [-0.05, 0) is 52.4 Å². The average Bonchev–Trinajstić information content (AvgIpc) is 3.45. The van der Waals surface area contributed by atoms with Crippen LogP contribution in [0.15, 0.2) is 108 Å². The summed E-state index contributed by atoms with van der Waals surface area (Å²) < 4.78 is 15.1. The van der Waals surface area contributed by atoms with E-state index < -0.39 is 20.2 Å². The second kappa shape index (κ2) is 14.7. The van der Waals surface area contributed by atoms with E-state index in [0.29, 0.717) is 30.8 Å². The number of nitrogens with one attached hydrogen (secondary N) is 1. The number of carbonyl (C=O) groups is 2. The van der Waals surface area contributed by atoms with Gasteiger partial charge in [-0.25, -0.2) is 4.79 Å². The smallest absolute Gasteiger partial charge is 0.351 e. The van der Waals surface area contributed by atoms with Gasteiger partial charge < -0.3 is 14.5 Å². The third-order valence-corrected chi connectivity index (χ3v) is 14.5. The SMILES string of the molecule is CC(=O)SC[C@H]1C[C@H](n2ccc(NC(=O)c3ccccc3)nc2=O)O[C@@H]1CCO[Si](c1ccccc1)(c1ccccc1)C(C)(C)C. The number of amides is 1. The summed E-state index contributed by atoms with van der Waals surface area (Å²) in [4.78, 5) is 41.7. The Morgan fingerprint density at radius 1 is 0.957 bits per heavy atom. The first-order chi connectivity index (χ1) is 22.1. The number of ether oxygens (including phenoxy) is 1. The summed E-state index contributed by atoms with van der Waals surface area (Å²) in [6.07, 6.45) is 2.00. The number of thioether (sulfide) groups is 1. The topological polar surface area (TPSA) is 99.5 Å². The molecule has 1 saturated heterocycles. The minimum absolute atomic E-state index is 0.0333. The van der Waals surface area contributed by atoms with Crippen molar-refractivity contribution >= 4 is 47.3 Å². The predicted molar refractivity (Wildman–Crippen MR) is 186 cm³/mol. The van der Waals surface area contributed by atoms with E-state index in [1.165, 1.54) is 26.7 Å². The number of hydrogen-bond donors (Lipinski definition) is 1. The summed E-state index contributed by atoms with van der Waals surface area (Å²) in [5.74, 6) is 0.450. The summed E-state index contributed by atoms with van der Waals surface area (Å²) in [5, 5.41) is 4.99. The van der Waals surface area contributed by atoms with Gasteiger partial charge in [0.1, 0.15) is 12.0 Å². The molecule has 4 aromatic rings. The van der Waals surface area contributed by atoms with Crippen LogP contribution in [0.25, 0.3) is 0 Å². The molecule has 0 saturated carbocycles. The minimum Gasteiger partial charge on any atom is -0.407 e. The van der Waals surface area contributed by atoms with Crippen LogP contribution in [0.1, 0.15) is 57.1 Å². The predicted octanol–water partition coefficient (Wildman–Crippen LogP) is 5.65. The van der Waals surface area contributed by atoms with Gasteiger partial charge in [0.2, 0.25) is 0 Å². The Labute approximate surface area is 275 Å². The fourth-order valence-electron chi connectivity index (χ4n) is 6.23. The van der Waals surface area contributed by atoms with E-state index in [-0.39, 0.29) is 33.9 Å². The first kappa shape index (κ1) is 33.5. The lowest BCUT2D eigenvalue weighted by Crippen LogP contribution is -2.66. The van der Waals surface area contributed by atoms with Crippen molar-refractivity contribution in [3.8, 4) is 0 Å². The standard InChI is InChI=1S/C36H41N3O5SSi/c1-26(40)45-25-28-24-33(39-22-20-32(38-35(39)42)37-34(41)27-14-8-5-9-15-27)44-31(28)21-23-43-46(36(2,3)4,29-16-10-6-11-17-29)30-18-12-7-13-19-30/h5-20,22,28,31,33H,21,23-25H2,1-4H3,(H,37,38,41,42)/t28-,31-,33-/m1/s1. The van der Waals surface area contributed by atoms with Gasteiger partial charge in [-0.2, -0.15) is 4.98 Å². The van der Waals surface area contributed by atoms with E-state index in [9.17, 15) is 14.4 Å². The maximum absolute atomic E-state index is 13.1. The summed E-state index contributed by atoms with van der Waals surface area (Å²) in [6.45, 7) is 8.77. The van der Waals surface area contributed by atoms with E-state index in [2.05, 4.69) is 79.6 Å². The van der Waals surface area contributed by atoms with Crippen LogP contribution in [0.2, 0.25) is 5.04 Å². The molecule has 0 bridgehead atoms. The molecule has 1 aromatic heterocycles. The molecule has 3 aromatic carbocycles. The molecule has 2 heterocycles. The highest BCUT2D eigenvalue weighted by Gasteiger charge is 2.50. The largest absolute Gasteiger partial charge is 0.407 e. The van der Waals surface area contributed by atoms with Gasteiger partial charge >= 0.3 is 5.69 Å². The van der Waals surface area contributed by atoms with Crippen LogP contribution < -0.4 is 21.4 Å². The van der Waals surface area contributed by atoms with Gasteiger partial charge in [-0.1, -0.05) is 111 Å². The molecule has 46 heavy (non-hydrogen) atoms. The zero-order valence-electron chi connectivity index (χ0n) is 26.7. The molecule has 0 spiro atoms. The molecule has 1 N–H and O–H groups in total. The van der Waals surface area contributed by atoms with Gasteiger partial charge in [0.05, 0.1) is 6.10 Å². The van der Waals surface area contributed by atoms with E-state index in [1.807, 2.05) is 18.2 Å². The summed E-state index contributed by atoms with van der Waals surface area (Å²) in [6, 6.07) is 31.4. The zero-order valence-corrected chi connectivity index (χ0v) is 28.5. The molecule has 1 fully saturated rings. The highest BCUT2D eigenvalue weighted by molar-refractivity contribution is 8.13. The normalized spacial score (nSPS) is 18.3. The van der Waals surface area contributed by atoms with Crippen molar-refractivity contribution < 1.29 is 18.8 Å². The first-order valence-corrected chi connectivity index (χ1v) is 18.5. The van der Waals surface area contributed by atoms with Crippen molar-refractivity contribution in [2.24, 2.45) is 5.92 Å². The molecule has 1 amide bonds. The summed E-state index contributed by atoms with van der Waals surface area (Å²) in [5.41, 5.74) is -0.0420. The number of anilines is 1. The van der Waals surface area contributed by atoms with Crippen LogP contribution in [0.5, 0.6) is 0 Å². The van der Waals surface area contributed by atoms with E-state index in [0.717, 1.165) is 0 Å². The molecular weight excluding hydrogens is 615 g/mol. The van der Waals surface area contributed by atoms with Crippen LogP contribution in [-0.2, 0) is 14.0 Å². The fraction of sp³-hybridized carbons (Fsp3) is 0.333. The number of aromatic nitrogens is 2. The van der Waals surface area contributed by atoms with Crippen molar-refractivity contribution in [1.82, 2.24) is 9.55 Å². The van der Waals surface area contributed by atoms with Gasteiger partial charge in [0, 0.05) is 31.0 Å². The maximum atomic E-state index is 13.1. The Kier molecular flexibility index (Phi) is 10.7. The van der Waals surface area contributed by atoms with Crippen LogP contribution in [0, 0.1) is 5.92 Å². The Bertz CT molecular complexity index is 1640. The van der Waals surface area contributed by atoms with Crippen molar-refractivity contribution in [3.05, 3.63) is 119 Å². The lowest BCUT2D eigenvalue weighted by Gasteiger charge is -2.43. The highest BCUT2D eigenvalue weighted by atomic mass is 32.2. The van der Waals surface area contributed by atoms with Crippen molar-refractivity contribution in [1.29, 1.82) is 0 Å². The molecule has 8 nitrogen and oxygen atoms in total. The van der Waals surface area contributed by atoms with Gasteiger partial charge in [-0.15, -0.1) is 0 Å². The zero-order chi connectivity index (χ0) is 32.7. The molecule has 240 valence electrons. The Morgan fingerprint density at radius 3 is 2.09 bits per heavy atom. The fourth-order valence-corrected chi connectivity index (χ4v) is 11.6. The molecular formula is C36H41N3O5SSi. The second-order valence-electron chi connectivity index (χ2n) is 12.6. The van der Waals surface area contributed by atoms with Gasteiger partial charge in [0.15, 0.2) is 5.12 Å². The average molecular weight is 656 g/mol. The Balaban J connectivity index is 1.34.